The van der Waals surface area contributed by atoms with Gasteiger partial charge >= 0.3 is 0 Å². The minimum Gasteiger partial charge on any atom is -0.376 e. The minimum atomic E-state index is -0.297. The molecule has 0 amide bonds. The Morgan fingerprint density at radius 3 is 3.13 bits per heavy atom. The molecule has 1 aliphatic rings. The highest BCUT2D eigenvalue weighted by Gasteiger charge is 2.21. The molecule has 0 N–H and O–H groups in total. The smallest absolute Gasteiger partial charge is 0.262 e. The van der Waals surface area contributed by atoms with Gasteiger partial charge in [0.2, 0.25) is 0 Å². The van der Waals surface area contributed by atoms with Crippen molar-refractivity contribution < 1.29 is 4.74 Å². The van der Waals surface area contributed by atoms with E-state index in [-0.39, 0.29) is 16.9 Å². The largest absolute Gasteiger partial charge is 0.376 e. The van der Waals surface area contributed by atoms with Crippen LogP contribution in [0.1, 0.15) is 19.8 Å². The van der Waals surface area contributed by atoms with Crippen molar-refractivity contribution in [3.05, 3.63) is 33.6 Å². The molecular formula is C16H16ClN3O2S. The van der Waals surface area contributed by atoms with Gasteiger partial charge in [-0.25, -0.2) is 4.98 Å². The van der Waals surface area contributed by atoms with Crippen LogP contribution in [0, 0.1) is 11.3 Å². The Balaban J connectivity index is 2.10. The number of hydrogen-bond donors (Lipinski definition) is 0. The molecule has 0 bridgehead atoms. The van der Waals surface area contributed by atoms with Gasteiger partial charge in [0.15, 0.2) is 5.16 Å². The Bertz CT molecular complexity index is 824. The fraction of sp³-hybridized carbons (Fsp3) is 0.438. The van der Waals surface area contributed by atoms with Gasteiger partial charge in [0.05, 0.1) is 34.9 Å². The predicted octanol–water partition coefficient (Wildman–Crippen LogP) is 3.23. The maximum atomic E-state index is 12.8. The second-order valence-electron chi connectivity index (χ2n) is 5.50. The molecule has 1 fully saturated rings. The standard InChI is InChI=1S/C16H16ClN3O2S/c1-10(8-18)23-16-19-14-7-11(17)4-5-13(14)15(21)20(16)9-12-3-2-6-22-12/h4-5,7,10,12H,2-3,6,9H2,1H3/t10-,12+/m0/s1. The van der Waals surface area contributed by atoms with Crippen molar-refractivity contribution in [1.82, 2.24) is 9.55 Å². The monoisotopic (exact) mass is 349 g/mol. The Hall–Kier alpha value is -1.55. The minimum absolute atomic E-state index is 0.0241. The van der Waals surface area contributed by atoms with E-state index in [0.29, 0.717) is 27.6 Å². The molecule has 0 aliphatic carbocycles. The highest BCUT2D eigenvalue weighted by Crippen LogP contribution is 2.25. The van der Waals surface area contributed by atoms with Gasteiger partial charge in [0.1, 0.15) is 0 Å². The van der Waals surface area contributed by atoms with Crippen LogP contribution < -0.4 is 5.56 Å². The van der Waals surface area contributed by atoms with Gasteiger partial charge in [-0.05, 0) is 38.0 Å². The van der Waals surface area contributed by atoms with Crippen LogP contribution in [0.15, 0.2) is 28.2 Å². The van der Waals surface area contributed by atoms with E-state index in [2.05, 4.69) is 11.1 Å². The van der Waals surface area contributed by atoms with Crippen molar-refractivity contribution in [3.63, 3.8) is 0 Å². The molecule has 7 heteroatoms. The summed E-state index contributed by atoms with van der Waals surface area (Å²) in [6.07, 6.45) is 1.96. The average Bonchev–Trinajstić information content (AvgIpc) is 3.03. The van der Waals surface area contributed by atoms with Gasteiger partial charge in [0.25, 0.3) is 5.56 Å². The Kier molecular flexibility index (Phi) is 4.90. The lowest BCUT2D eigenvalue weighted by atomic mass is 10.2. The van der Waals surface area contributed by atoms with Crippen LogP contribution in [0.25, 0.3) is 10.9 Å². The molecule has 1 aliphatic heterocycles. The summed E-state index contributed by atoms with van der Waals surface area (Å²) < 4.78 is 7.28. The number of fused-ring (bicyclic) bond motifs is 1. The van der Waals surface area contributed by atoms with Crippen molar-refractivity contribution >= 4 is 34.3 Å². The van der Waals surface area contributed by atoms with Gasteiger partial charge in [-0.2, -0.15) is 5.26 Å². The molecule has 1 aromatic heterocycles. The summed E-state index contributed by atoms with van der Waals surface area (Å²) in [6.45, 7) is 2.98. The van der Waals surface area contributed by atoms with Crippen LogP contribution >= 0.6 is 23.4 Å². The summed E-state index contributed by atoms with van der Waals surface area (Å²) >= 11 is 7.29. The third-order valence-electron chi connectivity index (χ3n) is 3.76. The van der Waals surface area contributed by atoms with Crippen molar-refractivity contribution in [2.24, 2.45) is 0 Å². The molecule has 0 spiro atoms. The molecule has 5 nitrogen and oxygen atoms in total. The number of halogens is 1. The molecule has 2 aromatic rings. The summed E-state index contributed by atoms with van der Waals surface area (Å²) in [5, 5.41) is 10.4. The zero-order chi connectivity index (χ0) is 16.4. The van der Waals surface area contributed by atoms with Crippen LogP contribution in [0.2, 0.25) is 5.02 Å². The number of ether oxygens (including phenoxy) is 1. The Morgan fingerprint density at radius 1 is 1.61 bits per heavy atom. The van der Waals surface area contributed by atoms with Gasteiger partial charge < -0.3 is 4.74 Å². The first-order chi connectivity index (χ1) is 11.1. The maximum Gasteiger partial charge on any atom is 0.262 e. The molecule has 2 heterocycles. The fourth-order valence-electron chi connectivity index (χ4n) is 2.60. The molecule has 23 heavy (non-hydrogen) atoms. The first-order valence-corrected chi connectivity index (χ1v) is 8.72. The van der Waals surface area contributed by atoms with Crippen LogP contribution in [-0.2, 0) is 11.3 Å². The molecule has 3 rings (SSSR count). The van der Waals surface area contributed by atoms with Crippen molar-refractivity contribution in [2.45, 2.75) is 42.8 Å². The van der Waals surface area contributed by atoms with E-state index in [1.54, 1.807) is 29.7 Å². The SMILES string of the molecule is C[C@@H](C#N)Sc1nc2cc(Cl)ccc2c(=O)n1C[C@H]1CCCO1. The quantitative estimate of drug-likeness (QED) is 0.626. The van der Waals surface area contributed by atoms with E-state index in [1.165, 1.54) is 11.8 Å². The van der Waals surface area contributed by atoms with Gasteiger partial charge in [-0.3, -0.25) is 9.36 Å². The van der Waals surface area contributed by atoms with E-state index >= 15 is 0 Å². The highest BCUT2D eigenvalue weighted by atomic mass is 35.5. The normalized spacial score (nSPS) is 18.9. The fourth-order valence-corrected chi connectivity index (χ4v) is 3.57. The lowest BCUT2D eigenvalue weighted by Crippen LogP contribution is -2.29. The molecule has 0 saturated carbocycles. The number of hydrogen-bond acceptors (Lipinski definition) is 5. The average molecular weight is 350 g/mol. The van der Waals surface area contributed by atoms with Crippen LogP contribution in [0.5, 0.6) is 0 Å². The summed E-state index contributed by atoms with van der Waals surface area (Å²) in [4.78, 5) is 17.4. The third kappa shape index (κ3) is 3.52. The second kappa shape index (κ2) is 6.91. The molecule has 0 radical (unpaired) electrons. The van der Waals surface area contributed by atoms with E-state index in [9.17, 15) is 4.79 Å². The number of rotatable bonds is 4. The number of thioether (sulfide) groups is 1. The maximum absolute atomic E-state index is 12.8. The van der Waals surface area contributed by atoms with E-state index < -0.39 is 0 Å². The number of benzene rings is 1. The summed E-state index contributed by atoms with van der Waals surface area (Å²) in [6, 6.07) is 7.22. The van der Waals surface area contributed by atoms with Crippen LogP contribution in [0.3, 0.4) is 0 Å². The Morgan fingerprint density at radius 2 is 2.43 bits per heavy atom. The van der Waals surface area contributed by atoms with Gasteiger partial charge in [-0.1, -0.05) is 23.4 Å². The second-order valence-corrected chi connectivity index (χ2v) is 7.24. The molecule has 120 valence electrons. The zero-order valence-electron chi connectivity index (χ0n) is 12.7. The number of aromatic nitrogens is 2. The van der Waals surface area contributed by atoms with Crippen LogP contribution in [-0.4, -0.2) is 27.5 Å². The first-order valence-electron chi connectivity index (χ1n) is 7.46. The molecular weight excluding hydrogens is 334 g/mol. The van der Waals surface area contributed by atoms with E-state index in [0.717, 1.165) is 19.4 Å². The third-order valence-corrected chi connectivity index (χ3v) is 4.97. The van der Waals surface area contributed by atoms with Crippen molar-refractivity contribution in [2.75, 3.05) is 6.61 Å². The Labute approximate surface area is 143 Å². The molecule has 0 unspecified atom stereocenters. The summed E-state index contributed by atoms with van der Waals surface area (Å²) in [5.74, 6) is 0. The van der Waals surface area contributed by atoms with Crippen molar-refractivity contribution in [1.29, 1.82) is 5.26 Å². The zero-order valence-corrected chi connectivity index (χ0v) is 14.2. The van der Waals surface area contributed by atoms with E-state index in [1.807, 2.05) is 0 Å². The number of nitriles is 1. The summed E-state index contributed by atoms with van der Waals surface area (Å²) in [7, 11) is 0. The van der Waals surface area contributed by atoms with E-state index in [4.69, 9.17) is 21.6 Å². The number of nitrogens with zero attached hydrogens (tertiary/aromatic N) is 3. The van der Waals surface area contributed by atoms with Crippen molar-refractivity contribution in [3.8, 4) is 6.07 Å². The topological polar surface area (TPSA) is 67.9 Å². The van der Waals surface area contributed by atoms with Gasteiger partial charge in [-0.15, -0.1) is 0 Å². The summed E-state index contributed by atoms with van der Waals surface area (Å²) in [5.41, 5.74) is 0.438. The molecule has 1 aromatic carbocycles. The predicted molar refractivity (Wildman–Crippen MR) is 90.9 cm³/mol. The van der Waals surface area contributed by atoms with Crippen LogP contribution in [0.4, 0.5) is 0 Å². The molecule has 2 atom stereocenters. The molecule has 1 saturated heterocycles. The lowest BCUT2D eigenvalue weighted by molar-refractivity contribution is 0.0937. The van der Waals surface area contributed by atoms with Gasteiger partial charge in [0, 0.05) is 11.6 Å². The lowest BCUT2D eigenvalue weighted by Gasteiger charge is -2.17. The first kappa shape index (κ1) is 16.3. The highest BCUT2D eigenvalue weighted by molar-refractivity contribution is 8.00.